The molecule has 1 aliphatic rings. The topological polar surface area (TPSA) is 44.4 Å². The van der Waals surface area contributed by atoms with Gasteiger partial charge < -0.3 is 10.6 Å². The van der Waals surface area contributed by atoms with Crippen LogP contribution >= 0.6 is 0 Å². The maximum atomic E-state index is 11.0. The van der Waals surface area contributed by atoms with Gasteiger partial charge in [0.05, 0.1) is 0 Å². The van der Waals surface area contributed by atoms with Crippen molar-refractivity contribution in [1.82, 2.24) is 15.5 Å². The molecule has 0 spiro atoms. The molecule has 0 aromatic rings. The Labute approximate surface area is 131 Å². The van der Waals surface area contributed by atoms with Crippen molar-refractivity contribution >= 4 is 5.91 Å². The summed E-state index contributed by atoms with van der Waals surface area (Å²) in [6, 6.07) is 0.617. The average molecular weight is 297 g/mol. The number of piperidine rings is 1. The third-order valence-electron chi connectivity index (χ3n) is 4.27. The van der Waals surface area contributed by atoms with E-state index in [9.17, 15) is 4.79 Å². The van der Waals surface area contributed by atoms with E-state index in [-0.39, 0.29) is 5.91 Å². The highest BCUT2D eigenvalue weighted by Gasteiger charge is 2.26. The number of rotatable bonds is 9. The molecular formula is C17H35N3O. The van der Waals surface area contributed by atoms with Crippen LogP contribution in [0.5, 0.6) is 0 Å². The summed E-state index contributed by atoms with van der Waals surface area (Å²) < 4.78 is 0. The summed E-state index contributed by atoms with van der Waals surface area (Å²) in [7, 11) is 0. The maximum Gasteiger partial charge on any atom is 0.216 e. The number of carbonyl (C=O) groups excluding carboxylic acids is 1. The zero-order valence-corrected chi connectivity index (χ0v) is 14.5. The van der Waals surface area contributed by atoms with Crippen LogP contribution in [0.3, 0.4) is 0 Å². The Balaban J connectivity index is 2.37. The molecule has 1 rings (SSSR count). The van der Waals surface area contributed by atoms with Gasteiger partial charge in [-0.05, 0) is 37.6 Å². The predicted molar refractivity (Wildman–Crippen MR) is 89.4 cm³/mol. The van der Waals surface area contributed by atoms with Crippen molar-refractivity contribution in [3.05, 3.63) is 0 Å². The van der Waals surface area contributed by atoms with Gasteiger partial charge in [0.1, 0.15) is 0 Å². The number of hydrogen-bond acceptors (Lipinski definition) is 3. The van der Waals surface area contributed by atoms with Crippen molar-refractivity contribution in [2.75, 3.05) is 32.7 Å². The Morgan fingerprint density at radius 1 is 1.29 bits per heavy atom. The molecule has 0 radical (unpaired) electrons. The molecule has 124 valence electrons. The number of likely N-dealkylation sites (tertiary alicyclic amines) is 1. The molecule has 4 heteroatoms. The second-order valence-electron chi connectivity index (χ2n) is 6.97. The summed E-state index contributed by atoms with van der Waals surface area (Å²) >= 11 is 0. The molecule has 0 bridgehead atoms. The van der Waals surface area contributed by atoms with E-state index in [0.717, 1.165) is 38.0 Å². The van der Waals surface area contributed by atoms with Crippen molar-refractivity contribution in [2.45, 2.75) is 59.4 Å². The van der Waals surface area contributed by atoms with E-state index < -0.39 is 0 Å². The fourth-order valence-electron chi connectivity index (χ4n) is 3.22. The Hall–Kier alpha value is -0.610. The van der Waals surface area contributed by atoms with Crippen LogP contribution in [0.4, 0.5) is 0 Å². The smallest absolute Gasteiger partial charge is 0.216 e. The van der Waals surface area contributed by atoms with Gasteiger partial charge >= 0.3 is 0 Å². The van der Waals surface area contributed by atoms with Gasteiger partial charge in [0.2, 0.25) is 5.91 Å². The lowest BCUT2D eigenvalue weighted by atomic mass is 9.90. The second-order valence-corrected chi connectivity index (χ2v) is 6.97. The van der Waals surface area contributed by atoms with Gasteiger partial charge in [-0.25, -0.2) is 0 Å². The Bertz CT molecular complexity index is 294. The molecule has 1 amide bonds. The number of nitrogens with one attached hydrogen (secondary N) is 2. The zero-order chi connectivity index (χ0) is 15.7. The fraction of sp³-hybridized carbons (Fsp3) is 0.941. The summed E-state index contributed by atoms with van der Waals surface area (Å²) in [5.41, 5.74) is 0. The molecule has 2 atom stereocenters. The lowest BCUT2D eigenvalue weighted by Gasteiger charge is -2.38. The van der Waals surface area contributed by atoms with Crippen LogP contribution in [0.25, 0.3) is 0 Å². The van der Waals surface area contributed by atoms with Crippen molar-refractivity contribution in [2.24, 2.45) is 11.8 Å². The van der Waals surface area contributed by atoms with E-state index in [4.69, 9.17) is 0 Å². The Morgan fingerprint density at radius 3 is 2.67 bits per heavy atom. The van der Waals surface area contributed by atoms with Crippen LogP contribution in [0.2, 0.25) is 0 Å². The van der Waals surface area contributed by atoms with Crippen molar-refractivity contribution in [1.29, 1.82) is 0 Å². The normalized spacial score (nSPS) is 23.5. The van der Waals surface area contributed by atoms with E-state index in [0.29, 0.717) is 6.04 Å². The minimum absolute atomic E-state index is 0.0729. The zero-order valence-electron chi connectivity index (χ0n) is 14.5. The molecule has 2 unspecified atom stereocenters. The van der Waals surface area contributed by atoms with E-state index in [2.05, 4.69) is 36.3 Å². The molecule has 4 nitrogen and oxygen atoms in total. The molecule has 1 heterocycles. The van der Waals surface area contributed by atoms with Crippen LogP contribution < -0.4 is 10.6 Å². The Morgan fingerprint density at radius 2 is 2.05 bits per heavy atom. The minimum atomic E-state index is 0.0729. The van der Waals surface area contributed by atoms with Crippen LogP contribution in [-0.2, 0) is 4.79 Å². The highest BCUT2D eigenvalue weighted by molar-refractivity contribution is 5.72. The molecule has 0 saturated carbocycles. The lowest BCUT2D eigenvalue weighted by Crippen LogP contribution is -2.51. The van der Waals surface area contributed by atoms with Crippen molar-refractivity contribution in [3.8, 4) is 0 Å². The molecule has 1 saturated heterocycles. The molecular weight excluding hydrogens is 262 g/mol. The first-order valence-corrected chi connectivity index (χ1v) is 8.71. The molecule has 1 aliphatic heterocycles. The SMILES string of the molecule is CCCC1CC(NCCC(C)C)CN(CCNC(C)=O)C1. The summed E-state index contributed by atoms with van der Waals surface area (Å²) in [4.78, 5) is 13.5. The second kappa shape index (κ2) is 10.2. The van der Waals surface area contributed by atoms with Gasteiger partial charge in [-0.2, -0.15) is 0 Å². The minimum Gasteiger partial charge on any atom is -0.355 e. The monoisotopic (exact) mass is 297 g/mol. The van der Waals surface area contributed by atoms with Gasteiger partial charge in [-0.1, -0.05) is 27.2 Å². The van der Waals surface area contributed by atoms with Crippen LogP contribution in [0.15, 0.2) is 0 Å². The molecule has 0 aromatic heterocycles. The van der Waals surface area contributed by atoms with Gasteiger partial charge in [0, 0.05) is 39.1 Å². The highest BCUT2D eigenvalue weighted by Crippen LogP contribution is 2.21. The molecule has 0 aromatic carbocycles. The quantitative estimate of drug-likeness (QED) is 0.686. The predicted octanol–water partition coefficient (Wildman–Crippen LogP) is 2.25. The first-order chi connectivity index (χ1) is 10.0. The van der Waals surface area contributed by atoms with Gasteiger partial charge in [0.15, 0.2) is 0 Å². The van der Waals surface area contributed by atoms with Gasteiger partial charge in [0.25, 0.3) is 0 Å². The van der Waals surface area contributed by atoms with Gasteiger partial charge in [-0.15, -0.1) is 0 Å². The molecule has 2 N–H and O–H groups in total. The van der Waals surface area contributed by atoms with Crippen LogP contribution in [0.1, 0.15) is 53.4 Å². The molecule has 0 aliphatic carbocycles. The molecule has 1 fully saturated rings. The van der Waals surface area contributed by atoms with E-state index in [1.165, 1.54) is 32.2 Å². The number of hydrogen-bond donors (Lipinski definition) is 2. The van der Waals surface area contributed by atoms with Crippen molar-refractivity contribution in [3.63, 3.8) is 0 Å². The Kier molecular flexibility index (Phi) is 8.93. The van der Waals surface area contributed by atoms with E-state index in [1.807, 2.05) is 0 Å². The van der Waals surface area contributed by atoms with Crippen molar-refractivity contribution < 1.29 is 4.79 Å². The fourth-order valence-corrected chi connectivity index (χ4v) is 3.22. The first kappa shape index (κ1) is 18.4. The lowest BCUT2D eigenvalue weighted by molar-refractivity contribution is -0.119. The highest BCUT2D eigenvalue weighted by atomic mass is 16.1. The maximum absolute atomic E-state index is 11.0. The van der Waals surface area contributed by atoms with E-state index in [1.54, 1.807) is 6.92 Å². The first-order valence-electron chi connectivity index (χ1n) is 8.71. The summed E-state index contributed by atoms with van der Waals surface area (Å²) in [6.07, 6.45) is 5.14. The number of nitrogens with zero attached hydrogens (tertiary/aromatic N) is 1. The largest absolute Gasteiger partial charge is 0.355 e. The molecule has 21 heavy (non-hydrogen) atoms. The average Bonchev–Trinajstić information content (AvgIpc) is 2.38. The summed E-state index contributed by atoms with van der Waals surface area (Å²) in [6.45, 7) is 13.6. The standard InChI is InChI=1S/C17H35N3O/c1-5-6-16-11-17(19-8-7-14(2)3)13-20(12-16)10-9-18-15(4)21/h14,16-17,19H,5-13H2,1-4H3,(H,18,21). The number of amides is 1. The number of carbonyl (C=O) groups is 1. The third kappa shape index (κ3) is 8.42. The summed E-state index contributed by atoms with van der Waals surface area (Å²) in [5, 5.41) is 6.65. The van der Waals surface area contributed by atoms with Crippen LogP contribution in [0, 0.1) is 11.8 Å². The van der Waals surface area contributed by atoms with Gasteiger partial charge in [-0.3, -0.25) is 9.69 Å². The third-order valence-corrected chi connectivity index (χ3v) is 4.27. The van der Waals surface area contributed by atoms with Crippen LogP contribution in [-0.4, -0.2) is 49.6 Å². The summed E-state index contributed by atoms with van der Waals surface area (Å²) in [5.74, 6) is 1.64. The van der Waals surface area contributed by atoms with E-state index >= 15 is 0 Å².